The number of nitrogens with one attached hydrogen (secondary N) is 1. The smallest absolute Gasteiger partial charge is 0.349 e. The molecule has 0 saturated heterocycles. The molecule has 0 radical (unpaired) electrons. The summed E-state index contributed by atoms with van der Waals surface area (Å²) >= 11 is 0. The number of aliphatic imine (C=N–C) groups is 1. The van der Waals surface area contributed by atoms with Crippen LogP contribution in [0.5, 0.6) is 0 Å². The number of imide groups is 1. The Balaban J connectivity index is 3.09. The molecule has 5 nitrogen and oxygen atoms in total. The van der Waals surface area contributed by atoms with E-state index in [1.165, 1.54) is 0 Å². The fourth-order valence-electron chi connectivity index (χ4n) is 1.76. The van der Waals surface area contributed by atoms with E-state index < -0.39 is 11.4 Å². The Hall–Kier alpha value is -1.39. The molecule has 0 aromatic rings. The predicted molar refractivity (Wildman–Crippen MR) is 52.8 cm³/mol. The van der Waals surface area contributed by atoms with Gasteiger partial charge in [-0.1, -0.05) is 20.3 Å². The van der Waals surface area contributed by atoms with Gasteiger partial charge in [0, 0.05) is 0 Å². The molecule has 1 atom stereocenters. The summed E-state index contributed by atoms with van der Waals surface area (Å²) in [6.45, 7) is 3.84. The van der Waals surface area contributed by atoms with Gasteiger partial charge in [0.1, 0.15) is 11.3 Å². The summed E-state index contributed by atoms with van der Waals surface area (Å²) in [6, 6.07) is -0.660. The third-order valence-electron chi connectivity index (χ3n) is 2.65. The van der Waals surface area contributed by atoms with Crippen LogP contribution in [0.25, 0.3) is 0 Å². The van der Waals surface area contributed by atoms with Gasteiger partial charge >= 0.3 is 6.03 Å². The van der Waals surface area contributed by atoms with Gasteiger partial charge in [0.2, 0.25) is 5.91 Å². The minimum Gasteiger partial charge on any atom is -0.386 e. The molecule has 3 N–H and O–H groups in total. The number of carbonyl (C=O) groups is 2. The van der Waals surface area contributed by atoms with Gasteiger partial charge in [-0.25, -0.2) is 4.79 Å². The van der Waals surface area contributed by atoms with Crippen molar-refractivity contribution in [2.75, 3.05) is 0 Å². The molecule has 1 aliphatic heterocycles. The Morgan fingerprint density at radius 1 is 1.43 bits per heavy atom. The fourth-order valence-corrected chi connectivity index (χ4v) is 1.76. The van der Waals surface area contributed by atoms with Crippen molar-refractivity contribution in [3.63, 3.8) is 0 Å². The zero-order valence-corrected chi connectivity index (χ0v) is 8.46. The molecule has 0 aromatic heterocycles. The maximum atomic E-state index is 11.7. The zero-order valence-electron chi connectivity index (χ0n) is 8.46. The molecule has 3 amide bonds. The van der Waals surface area contributed by atoms with Crippen molar-refractivity contribution < 1.29 is 9.59 Å². The van der Waals surface area contributed by atoms with Gasteiger partial charge in [-0.2, -0.15) is 4.99 Å². The molecule has 0 bridgehead atoms. The van der Waals surface area contributed by atoms with Crippen LogP contribution in [-0.4, -0.2) is 17.8 Å². The van der Waals surface area contributed by atoms with Gasteiger partial charge in [-0.15, -0.1) is 0 Å². The van der Waals surface area contributed by atoms with Crippen LogP contribution in [0.4, 0.5) is 4.79 Å². The quantitative estimate of drug-likeness (QED) is 0.701. The van der Waals surface area contributed by atoms with E-state index in [-0.39, 0.29) is 11.7 Å². The number of nitrogens with two attached hydrogens (primary N) is 1. The van der Waals surface area contributed by atoms with Crippen molar-refractivity contribution in [1.82, 2.24) is 5.32 Å². The topological polar surface area (TPSA) is 84.5 Å². The van der Waals surface area contributed by atoms with Crippen molar-refractivity contribution in [1.29, 1.82) is 0 Å². The fraction of sp³-hybridized carbons (Fsp3) is 0.667. The predicted octanol–water partition coefficient (Wildman–Crippen LogP) is 0.790. The van der Waals surface area contributed by atoms with Crippen molar-refractivity contribution in [3.05, 3.63) is 0 Å². The third-order valence-corrected chi connectivity index (χ3v) is 2.65. The number of amidine groups is 1. The zero-order chi connectivity index (χ0) is 10.8. The van der Waals surface area contributed by atoms with Crippen molar-refractivity contribution in [3.8, 4) is 0 Å². The first-order valence-corrected chi connectivity index (χ1v) is 4.77. The molecule has 5 heteroatoms. The summed E-state index contributed by atoms with van der Waals surface area (Å²) in [4.78, 5) is 26.2. The van der Waals surface area contributed by atoms with Gasteiger partial charge in [0.25, 0.3) is 0 Å². The highest BCUT2D eigenvalue weighted by molar-refractivity contribution is 6.18. The molecule has 0 saturated carbocycles. The van der Waals surface area contributed by atoms with Crippen LogP contribution < -0.4 is 11.1 Å². The van der Waals surface area contributed by atoms with E-state index >= 15 is 0 Å². The molecule has 1 heterocycles. The molecular weight excluding hydrogens is 182 g/mol. The summed E-state index contributed by atoms with van der Waals surface area (Å²) in [7, 11) is 0. The first-order chi connectivity index (χ1) is 6.56. The van der Waals surface area contributed by atoms with Crippen LogP contribution in [-0.2, 0) is 4.79 Å². The van der Waals surface area contributed by atoms with Crippen LogP contribution in [0.3, 0.4) is 0 Å². The normalized spacial score (nSPS) is 27.1. The van der Waals surface area contributed by atoms with E-state index in [9.17, 15) is 9.59 Å². The van der Waals surface area contributed by atoms with Gasteiger partial charge < -0.3 is 5.73 Å². The largest absolute Gasteiger partial charge is 0.386 e. The third kappa shape index (κ3) is 1.49. The van der Waals surface area contributed by atoms with Gasteiger partial charge in [-0.05, 0) is 12.8 Å². The monoisotopic (exact) mass is 197 g/mol. The van der Waals surface area contributed by atoms with E-state index in [1.54, 1.807) is 0 Å². The lowest BCUT2D eigenvalue weighted by molar-refractivity contribution is -0.127. The molecule has 0 unspecified atom stereocenters. The number of rotatable bonds is 3. The summed E-state index contributed by atoms with van der Waals surface area (Å²) in [5.74, 6) is -0.171. The van der Waals surface area contributed by atoms with E-state index in [0.717, 1.165) is 6.42 Å². The number of nitrogens with zero attached hydrogens (tertiary/aromatic N) is 1. The Kier molecular flexibility index (Phi) is 2.88. The molecule has 14 heavy (non-hydrogen) atoms. The first-order valence-electron chi connectivity index (χ1n) is 4.77. The summed E-state index contributed by atoms with van der Waals surface area (Å²) < 4.78 is 0. The van der Waals surface area contributed by atoms with E-state index in [2.05, 4.69) is 10.3 Å². The Morgan fingerprint density at radius 3 is 2.50 bits per heavy atom. The van der Waals surface area contributed by atoms with E-state index in [1.807, 2.05) is 13.8 Å². The van der Waals surface area contributed by atoms with Crippen LogP contribution in [0.2, 0.25) is 0 Å². The highest BCUT2D eigenvalue weighted by Crippen LogP contribution is 2.30. The molecule has 1 rings (SSSR count). The Labute approximate surface area is 82.8 Å². The lowest BCUT2D eigenvalue weighted by atomic mass is 9.78. The lowest BCUT2D eigenvalue weighted by Gasteiger charge is -2.32. The molecule has 1 aliphatic rings. The maximum Gasteiger partial charge on any atom is 0.349 e. The average Bonchev–Trinajstić information content (AvgIpc) is 2.11. The second-order valence-corrected chi connectivity index (χ2v) is 3.44. The molecule has 78 valence electrons. The molecule has 0 aromatic carbocycles. The number of hydrogen-bond donors (Lipinski definition) is 2. The van der Waals surface area contributed by atoms with Gasteiger partial charge in [0.15, 0.2) is 0 Å². The minimum atomic E-state index is -0.775. The van der Waals surface area contributed by atoms with Gasteiger partial charge in [-0.3, -0.25) is 10.1 Å². The van der Waals surface area contributed by atoms with E-state index in [0.29, 0.717) is 12.8 Å². The molecule has 0 spiro atoms. The second kappa shape index (κ2) is 3.77. The standard InChI is InChI=1S/C9H15N3O2/c1-3-5-9(4-2)6(10)11-8(14)12-7(9)13/h3-5H2,1-2H3,(H3,10,11,12,13,14)/t9-/m1/s1. The summed E-state index contributed by atoms with van der Waals surface area (Å²) in [5, 5.41) is 2.19. The van der Waals surface area contributed by atoms with Crippen LogP contribution in [0, 0.1) is 5.41 Å². The number of amides is 3. The van der Waals surface area contributed by atoms with Crippen LogP contribution in [0.1, 0.15) is 33.1 Å². The van der Waals surface area contributed by atoms with Crippen molar-refractivity contribution in [2.45, 2.75) is 33.1 Å². The number of carbonyl (C=O) groups excluding carboxylic acids is 2. The van der Waals surface area contributed by atoms with Crippen molar-refractivity contribution in [2.24, 2.45) is 16.1 Å². The Morgan fingerprint density at radius 2 is 2.07 bits per heavy atom. The van der Waals surface area contributed by atoms with Crippen LogP contribution >= 0.6 is 0 Å². The minimum absolute atomic E-state index is 0.149. The second-order valence-electron chi connectivity index (χ2n) is 3.44. The molecule has 0 fully saturated rings. The van der Waals surface area contributed by atoms with Crippen molar-refractivity contribution >= 4 is 17.8 Å². The maximum absolute atomic E-state index is 11.7. The highest BCUT2D eigenvalue weighted by Gasteiger charge is 2.43. The number of urea groups is 1. The molecule has 0 aliphatic carbocycles. The summed E-state index contributed by atoms with van der Waals surface area (Å²) in [5.41, 5.74) is 4.88. The SMILES string of the molecule is CCC[C@@]1(CC)C(=O)NC(=O)N=C1N. The van der Waals surface area contributed by atoms with Gasteiger partial charge in [0.05, 0.1) is 0 Å². The average molecular weight is 197 g/mol. The molecular formula is C9H15N3O2. The highest BCUT2D eigenvalue weighted by atomic mass is 16.2. The lowest BCUT2D eigenvalue weighted by Crippen LogP contribution is -2.54. The Bertz CT molecular complexity index is 298. The number of hydrogen-bond acceptors (Lipinski definition) is 3. The first kappa shape index (κ1) is 10.7. The van der Waals surface area contributed by atoms with Crippen LogP contribution in [0.15, 0.2) is 4.99 Å². The summed E-state index contributed by atoms with van der Waals surface area (Å²) in [6.07, 6.45) is 2.01. The van der Waals surface area contributed by atoms with E-state index in [4.69, 9.17) is 5.73 Å².